The molecular weight excluding hydrogens is 234 g/mol. The predicted octanol–water partition coefficient (Wildman–Crippen LogP) is 3.17. The van der Waals surface area contributed by atoms with Crippen molar-refractivity contribution in [2.24, 2.45) is 5.92 Å². The molecule has 0 aromatic heterocycles. The van der Waals surface area contributed by atoms with Crippen LogP contribution in [-0.2, 0) is 0 Å². The molecule has 110 valence electrons. The van der Waals surface area contributed by atoms with Crippen LogP contribution in [0.5, 0.6) is 0 Å². The van der Waals surface area contributed by atoms with E-state index < -0.39 is 0 Å². The molecule has 0 aromatic rings. The van der Waals surface area contributed by atoms with Gasteiger partial charge in [0.2, 0.25) is 0 Å². The van der Waals surface area contributed by atoms with Crippen LogP contribution in [-0.4, -0.2) is 36.6 Å². The fourth-order valence-electron chi connectivity index (χ4n) is 3.06. The monoisotopic (exact) mass is 265 g/mol. The zero-order valence-electron chi connectivity index (χ0n) is 13.2. The van der Waals surface area contributed by atoms with Gasteiger partial charge in [-0.3, -0.25) is 5.32 Å². The van der Waals surface area contributed by atoms with E-state index in [1.165, 1.54) is 19.3 Å². The summed E-state index contributed by atoms with van der Waals surface area (Å²) >= 11 is 0. The topological polar surface area (TPSA) is 39.1 Å². The zero-order chi connectivity index (χ0) is 14.3. The van der Waals surface area contributed by atoms with E-state index >= 15 is 0 Å². The molecule has 3 nitrogen and oxygen atoms in total. The van der Waals surface area contributed by atoms with E-state index in [0.717, 1.165) is 38.3 Å². The first-order valence-electron chi connectivity index (χ1n) is 7.93. The van der Waals surface area contributed by atoms with Crippen LogP contribution in [0.15, 0.2) is 0 Å². The molecule has 0 bridgehead atoms. The van der Waals surface area contributed by atoms with E-state index in [2.05, 4.69) is 44.1 Å². The predicted molar refractivity (Wildman–Crippen MR) is 81.0 cm³/mol. The average molecular weight is 265 g/mol. The Morgan fingerprint density at radius 1 is 1.47 bits per heavy atom. The Morgan fingerprint density at radius 3 is 2.79 bits per heavy atom. The van der Waals surface area contributed by atoms with Gasteiger partial charge >= 0.3 is 0 Å². The molecule has 1 aliphatic rings. The van der Waals surface area contributed by atoms with Gasteiger partial charge in [0.25, 0.3) is 0 Å². The van der Waals surface area contributed by atoms with E-state index in [4.69, 9.17) is 0 Å². The Hall–Kier alpha value is -0.590. The summed E-state index contributed by atoms with van der Waals surface area (Å²) < 4.78 is 0. The third-order valence-electron chi connectivity index (χ3n) is 4.57. The molecule has 0 spiro atoms. The molecule has 1 aliphatic carbocycles. The second-order valence-corrected chi connectivity index (χ2v) is 6.32. The van der Waals surface area contributed by atoms with Gasteiger partial charge in [0, 0.05) is 12.6 Å². The van der Waals surface area contributed by atoms with Crippen molar-refractivity contribution < 1.29 is 0 Å². The van der Waals surface area contributed by atoms with Crippen LogP contribution in [0.4, 0.5) is 0 Å². The fraction of sp³-hybridized carbons (Fsp3) is 0.938. The maximum Gasteiger partial charge on any atom is 0.108 e. The molecule has 3 unspecified atom stereocenters. The lowest BCUT2D eigenvalue weighted by Crippen LogP contribution is -2.52. The minimum absolute atomic E-state index is 0.275. The van der Waals surface area contributed by atoms with Crippen LogP contribution >= 0.6 is 0 Å². The summed E-state index contributed by atoms with van der Waals surface area (Å²) in [5.41, 5.74) is -0.275. The summed E-state index contributed by atoms with van der Waals surface area (Å²) in [6.07, 6.45) is 6.73. The third kappa shape index (κ3) is 4.78. The summed E-state index contributed by atoms with van der Waals surface area (Å²) in [6, 6.07) is 3.13. The molecule has 1 N–H and O–H groups in total. The molecule has 0 heterocycles. The van der Waals surface area contributed by atoms with Gasteiger partial charge in [0.15, 0.2) is 0 Å². The maximum atomic E-state index is 9.56. The van der Waals surface area contributed by atoms with Crippen LogP contribution in [0, 0.1) is 17.2 Å². The lowest BCUT2D eigenvalue weighted by atomic mass is 9.79. The second kappa shape index (κ2) is 7.87. The Labute approximate surface area is 119 Å². The molecule has 3 heteroatoms. The van der Waals surface area contributed by atoms with E-state index in [1.54, 1.807) is 0 Å². The highest BCUT2D eigenvalue weighted by atomic mass is 15.1. The first-order valence-corrected chi connectivity index (χ1v) is 7.93. The largest absolute Gasteiger partial charge is 0.303 e. The summed E-state index contributed by atoms with van der Waals surface area (Å²) in [6.45, 7) is 8.83. The second-order valence-electron chi connectivity index (χ2n) is 6.32. The highest BCUT2D eigenvalue weighted by molar-refractivity contribution is 5.11. The molecule has 0 saturated heterocycles. The van der Waals surface area contributed by atoms with Crippen molar-refractivity contribution in [2.45, 2.75) is 70.9 Å². The molecule has 0 radical (unpaired) electrons. The quantitative estimate of drug-likeness (QED) is 0.768. The van der Waals surface area contributed by atoms with Crippen molar-refractivity contribution in [1.29, 1.82) is 5.26 Å². The standard InChI is InChI=1S/C16H31N3/c1-5-10-18-16(13-17)9-7-8-15(11-16)19(4)12-14(3)6-2/h14-15,18H,5-12H2,1-4H3. The molecular formula is C16H31N3. The van der Waals surface area contributed by atoms with Crippen molar-refractivity contribution >= 4 is 0 Å². The smallest absolute Gasteiger partial charge is 0.108 e. The molecule has 0 aliphatic heterocycles. The van der Waals surface area contributed by atoms with Gasteiger partial charge in [-0.05, 0) is 51.6 Å². The lowest BCUT2D eigenvalue weighted by Gasteiger charge is -2.41. The first-order chi connectivity index (χ1) is 9.06. The van der Waals surface area contributed by atoms with Crippen LogP contribution in [0.3, 0.4) is 0 Å². The number of nitrogens with one attached hydrogen (secondary N) is 1. The Balaban J connectivity index is 2.59. The van der Waals surface area contributed by atoms with E-state index in [-0.39, 0.29) is 5.54 Å². The van der Waals surface area contributed by atoms with Gasteiger partial charge in [-0.1, -0.05) is 27.2 Å². The molecule has 0 amide bonds. The summed E-state index contributed by atoms with van der Waals surface area (Å²) in [5.74, 6) is 0.743. The van der Waals surface area contributed by atoms with Gasteiger partial charge in [0.05, 0.1) is 6.07 Å². The molecule has 1 rings (SSSR count). The SMILES string of the molecule is CCCNC1(C#N)CCCC(N(C)CC(C)CC)C1. The van der Waals surface area contributed by atoms with Gasteiger partial charge in [-0.15, -0.1) is 0 Å². The first kappa shape index (κ1) is 16.5. The summed E-state index contributed by atoms with van der Waals surface area (Å²) in [5, 5.41) is 13.1. The number of nitrogens with zero attached hydrogens (tertiary/aromatic N) is 2. The van der Waals surface area contributed by atoms with Crippen molar-refractivity contribution in [2.75, 3.05) is 20.1 Å². The van der Waals surface area contributed by atoms with Crippen molar-refractivity contribution in [3.63, 3.8) is 0 Å². The highest BCUT2D eigenvalue weighted by Crippen LogP contribution is 2.31. The lowest BCUT2D eigenvalue weighted by molar-refractivity contribution is 0.130. The minimum Gasteiger partial charge on any atom is -0.303 e. The van der Waals surface area contributed by atoms with Crippen molar-refractivity contribution in [3.8, 4) is 6.07 Å². The molecule has 3 atom stereocenters. The average Bonchev–Trinajstić information content (AvgIpc) is 2.45. The van der Waals surface area contributed by atoms with Crippen LogP contribution in [0.1, 0.15) is 59.3 Å². The summed E-state index contributed by atoms with van der Waals surface area (Å²) in [4.78, 5) is 2.48. The van der Waals surface area contributed by atoms with Crippen LogP contribution in [0.2, 0.25) is 0 Å². The maximum absolute atomic E-state index is 9.56. The Morgan fingerprint density at radius 2 is 2.21 bits per heavy atom. The Kier molecular flexibility index (Phi) is 6.82. The van der Waals surface area contributed by atoms with Crippen molar-refractivity contribution in [3.05, 3.63) is 0 Å². The van der Waals surface area contributed by atoms with E-state index in [1.807, 2.05) is 0 Å². The fourth-order valence-corrected chi connectivity index (χ4v) is 3.06. The van der Waals surface area contributed by atoms with E-state index in [0.29, 0.717) is 6.04 Å². The Bertz CT molecular complexity index is 297. The summed E-state index contributed by atoms with van der Waals surface area (Å²) in [7, 11) is 2.23. The van der Waals surface area contributed by atoms with Crippen molar-refractivity contribution in [1.82, 2.24) is 10.2 Å². The number of hydrogen-bond donors (Lipinski definition) is 1. The number of hydrogen-bond acceptors (Lipinski definition) is 3. The zero-order valence-corrected chi connectivity index (χ0v) is 13.2. The minimum atomic E-state index is -0.275. The normalized spacial score (nSPS) is 29.2. The molecule has 0 aromatic carbocycles. The van der Waals surface area contributed by atoms with Crippen LogP contribution < -0.4 is 5.32 Å². The van der Waals surface area contributed by atoms with Gasteiger partial charge in [-0.2, -0.15) is 5.26 Å². The van der Waals surface area contributed by atoms with Gasteiger partial charge in [-0.25, -0.2) is 0 Å². The highest BCUT2D eigenvalue weighted by Gasteiger charge is 2.37. The number of nitriles is 1. The van der Waals surface area contributed by atoms with Gasteiger partial charge < -0.3 is 4.90 Å². The third-order valence-corrected chi connectivity index (χ3v) is 4.57. The number of rotatable bonds is 7. The van der Waals surface area contributed by atoms with Gasteiger partial charge in [0.1, 0.15) is 5.54 Å². The van der Waals surface area contributed by atoms with Crippen LogP contribution in [0.25, 0.3) is 0 Å². The molecule has 19 heavy (non-hydrogen) atoms. The molecule has 1 saturated carbocycles. The molecule has 1 fully saturated rings. The van der Waals surface area contributed by atoms with E-state index in [9.17, 15) is 5.26 Å².